The van der Waals surface area contributed by atoms with Crippen LogP contribution in [0.1, 0.15) is 70.9 Å². The maximum atomic E-state index is 2.37. The van der Waals surface area contributed by atoms with Crippen LogP contribution in [0.3, 0.4) is 0 Å². The Morgan fingerprint density at radius 3 is 1.12 bits per heavy atom. The summed E-state index contributed by atoms with van der Waals surface area (Å²) >= 11 is 0. The molecule has 0 saturated heterocycles. The van der Waals surface area contributed by atoms with Gasteiger partial charge in [-0.1, -0.05) is 120 Å². The Morgan fingerprint density at radius 1 is 0.438 bits per heavy atom. The number of hydrogen-bond donors (Lipinski definition) is 0. The molecule has 2 heteroatoms. The molecule has 2 nitrogen and oxygen atoms in total. The molecule has 0 spiro atoms. The Hall–Kier alpha value is -5.08. The van der Waals surface area contributed by atoms with Crippen LogP contribution in [-0.4, -0.2) is 0 Å². The topological polar surface area (TPSA) is 6.48 Å². The summed E-state index contributed by atoms with van der Waals surface area (Å²) in [7, 11) is 0. The third-order valence-corrected chi connectivity index (χ3v) is 10.3. The highest BCUT2D eigenvalue weighted by molar-refractivity contribution is 5.80. The third kappa shape index (κ3) is 6.94. The summed E-state index contributed by atoms with van der Waals surface area (Å²) in [6.07, 6.45) is 3.39. The molecule has 0 aliphatic carbocycles. The smallest absolute Gasteiger partial charge is 0.0462 e. The standard InChI is InChI=1S/C46H48N2/c1-6-35(4)36-19-27-42(28-20-36)47(40-15-11-9-12-16-40)43-29-21-37(22-30-43)38-23-31-44(32-24-38)48(41-17-13-10-14-18-41)45-33-25-39(26-34-45)46(5,7-2)8-3/h9-35H,6-8H2,1-5H3. The predicted octanol–water partition coefficient (Wildman–Crippen LogP) is 13.9. The predicted molar refractivity (Wildman–Crippen MR) is 208 cm³/mol. The van der Waals surface area contributed by atoms with Gasteiger partial charge in [0.2, 0.25) is 0 Å². The fourth-order valence-corrected chi connectivity index (χ4v) is 6.51. The highest BCUT2D eigenvalue weighted by atomic mass is 15.1. The summed E-state index contributed by atoms with van der Waals surface area (Å²) in [4.78, 5) is 4.68. The highest BCUT2D eigenvalue weighted by Gasteiger charge is 2.23. The first-order valence-corrected chi connectivity index (χ1v) is 17.6. The van der Waals surface area contributed by atoms with Gasteiger partial charge < -0.3 is 9.80 Å². The first kappa shape index (κ1) is 32.8. The van der Waals surface area contributed by atoms with Crippen molar-refractivity contribution < 1.29 is 0 Å². The van der Waals surface area contributed by atoms with Gasteiger partial charge in [0.15, 0.2) is 0 Å². The largest absolute Gasteiger partial charge is 0.311 e. The van der Waals surface area contributed by atoms with Crippen molar-refractivity contribution in [3.05, 3.63) is 169 Å². The summed E-state index contributed by atoms with van der Waals surface area (Å²) in [6.45, 7) is 11.5. The maximum absolute atomic E-state index is 2.37. The Balaban J connectivity index is 1.29. The van der Waals surface area contributed by atoms with E-state index in [1.54, 1.807) is 0 Å². The van der Waals surface area contributed by atoms with E-state index < -0.39 is 0 Å². The summed E-state index contributed by atoms with van der Waals surface area (Å²) in [5, 5.41) is 0. The number of nitrogens with zero attached hydrogens (tertiary/aromatic N) is 2. The van der Waals surface area contributed by atoms with E-state index in [4.69, 9.17) is 0 Å². The summed E-state index contributed by atoms with van der Waals surface area (Å²) in [5.74, 6) is 0.554. The molecule has 0 fully saturated rings. The second-order valence-corrected chi connectivity index (χ2v) is 13.2. The van der Waals surface area contributed by atoms with Crippen molar-refractivity contribution in [1.82, 2.24) is 0 Å². The number of hydrogen-bond acceptors (Lipinski definition) is 2. The number of benzene rings is 6. The molecule has 6 aromatic carbocycles. The SMILES string of the molecule is CCC(C)c1ccc(N(c2ccccc2)c2ccc(-c3ccc(N(c4ccccc4)c4ccc(C(C)(CC)CC)cc4)cc3)cc2)cc1. The minimum atomic E-state index is 0.198. The average Bonchev–Trinajstić information content (AvgIpc) is 3.16. The first-order valence-electron chi connectivity index (χ1n) is 17.6. The molecule has 0 amide bonds. The molecular formula is C46H48N2. The van der Waals surface area contributed by atoms with E-state index in [0.29, 0.717) is 5.92 Å². The molecule has 1 atom stereocenters. The van der Waals surface area contributed by atoms with E-state index in [0.717, 1.165) is 53.4 Å². The fraction of sp³-hybridized carbons (Fsp3) is 0.217. The highest BCUT2D eigenvalue weighted by Crippen LogP contribution is 2.39. The third-order valence-electron chi connectivity index (χ3n) is 10.3. The van der Waals surface area contributed by atoms with Crippen molar-refractivity contribution in [2.45, 2.75) is 65.2 Å². The molecule has 0 radical (unpaired) electrons. The average molecular weight is 629 g/mol. The summed E-state index contributed by atoms with van der Waals surface area (Å²) < 4.78 is 0. The van der Waals surface area contributed by atoms with E-state index in [1.807, 2.05) is 0 Å². The molecule has 0 saturated carbocycles. The lowest BCUT2D eigenvalue weighted by atomic mass is 9.78. The Morgan fingerprint density at radius 2 is 0.771 bits per heavy atom. The minimum absolute atomic E-state index is 0.198. The van der Waals surface area contributed by atoms with Crippen LogP contribution in [0.15, 0.2) is 158 Å². The lowest BCUT2D eigenvalue weighted by Gasteiger charge is -2.29. The van der Waals surface area contributed by atoms with Gasteiger partial charge in [-0.2, -0.15) is 0 Å². The molecule has 6 aromatic rings. The lowest BCUT2D eigenvalue weighted by Crippen LogP contribution is -2.19. The zero-order chi connectivity index (χ0) is 33.5. The van der Waals surface area contributed by atoms with Gasteiger partial charge in [0.25, 0.3) is 0 Å². The molecule has 0 N–H and O–H groups in total. The van der Waals surface area contributed by atoms with Crippen LogP contribution < -0.4 is 9.80 Å². The van der Waals surface area contributed by atoms with Crippen LogP contribution in [-0.2, 0) is 5.41 Å². The van der Waals surface area contributed by atoms with Crippen molar-refractivity contribution >= 4 is 34.1 Å². The van der Waals surface area contributed by atoms with E-state index in [2.05, 4.69) is 202 Å². The zero-order valence-electron chi connectivity index (χ0n) is 29.1. The first-order chi connectivity index (χ1) is 23.4. The van der Waals surface area contributed by atoms with Crippen molar-refractivity contribution in [3.63, 3.8) is 0 Å². The molecule has 0 bridgehead atoms. The normalized spacial score (nSPS) is 12.0. The van der Waals surface area contributed by atoms with Crippen LogP contribution in [0.25, 0.3) is 11.1 Å². The lowest BCUT2D eigenvalue weighted by molar-refractivity contribution is 0.439. The Bertz CT molecular complexity index is 1850. The van der Waals surface area contributed by atoms with Crippen LogP contribution in [0.2, 0.25) is 0 Å². The summed E-state index contributed by atoms with van der Waals surface area (Å²) in [5.41, 5.74) is 12.3. The Kier molecular flexibility index (Phi) is 10.1. The van der Waals surface area contributed by atoms with Crippen LogP contribution in [0.4, 0.5) is 34.1 Å². The number of rotatable bonds is 12. The molecule has 48 heavy (non-hydrogen) atoms. The van der Waals surface area contributed by atoms with Crippen LogP contribution >= 0.6 is 0 Å². The van der Waals surface area contributed by atoms with Crippen LogP contribution in [0.5, 0.6) is 0 Å². The molecule has 0 heterocycles. The second-order valence-electron chi connectivity index (χ2n) is 13.2. The van der Waals surface area contributed by atoms with Gasteiger partial charge >= 0.3 is 0 Å². The number of anilines is 6. The van der Waals surface area contributed by atoms with Gasteiger partial charge in [-0.15, -0.1) is 0 Å². The second kappa shape index (κ2) is 14.8. The van der Waals surface area contributed by atoms with Gasteiger partial charge in [0, 0.05) is 34.1 Å². The summed E-state index contributed by atoms with van der Waals surface area (Å²) in [6, 6.07) is 57.4. The van der Waals surface area contributed by atoms with Crippen molar-refractivity contribution in [1.29, 1.82) is 0 Å². The van der Waals surface area contributed by atoms with Gasteiger partial charge in [0.05, 0.1) is 0 Å². The van der Waals surface area contributed by atoms with Crippen LogP contribution in [0, 0.1) is 0 Å². The van der Waals surface area contributed by atoms with Gasteiger partial charge in [0.1, 0.15) is 0 Å². The van der Waals surface area contributed by atoms with E-state index in [-0.39, 0.29) is 5.41 Å². The molecule has 0 aliphatic rings. The molecule has 242 valence electrons. The molecule has 0 aliphatic heterocycles. The number of para-hydroxylation sites is 2. The van der Waals surface area contributed by atoms with Gasteiger partial charge in [-0.25, -0.2) is 0 Å². The fourth-order valence-electron chi connectivity index (χ4n) is 6.51. The molecule has 1 unspecified atom stereocenters. The van der Waals surface area contributed by atoms with Crippen molar-refractivity contribution in [3.8, 4) is 11.1 Å². The molecule has 6 rings (SSSR count). The van der Waals surface area contributed by atoms with Crippen molar-refractivity contribution in [2.75, 3.05) is 9.80 Å². The van der Waals surface area contributed by atoms with Gasteiger partial charge in [-0.3, -0.25) is 0 Å². The molecular weight excluding hydrogens is 581 g/mol. The van der Waals surface area contributed by atoms with E-state index >= 15 is 0 Å². The van der Waals surface area contributed by atoms with E-state index in [9.17, 15) is 0 Å². The van der Waals surface area contributed by atoms with Gasteiger partial charge in [-0.05, 0) is 126 Å². The monoisotopic (exact) mass is 628 g/mol. The van der Waals surface area contributed by atoms with E-state index in [1.165, 1.54) is 22.3 Å². The maximum Gasteiger partial charge on any atom is 0.0462 e. The quantitative estimate of drug-likeness (QED) is 0.133. The zero-order valence-corrected chi connectivity index (χ0v) is 29.1. The van der Waals surface area contributed by atoms with Crippen molar-refractivity contribution in [2.24, 2.45) is 0 Å². The Labute approximate surface area is 288 Å². The molecule has 0 aromatic heterocycles. The minimum Gasteiger partial charge on any atom is -0.311 e.